The second kappa shape index (κ2) is 8.63. The fraction of sp³-hybridized carbons (Fsp3) is 0.500. The fourth-order valence-electron chi connectivity index (χ4n) is 1.77. The Hall–Kier alpha value is -1.50. The Morgan fingerprint density at radius 1 is 1.35 bits per heavy atom. The largest absolute Gasteiger partial charge is 0.494 e. The van der Waals surface area contributed by atoms with E-state index in [1.807, 2.05) is 0 Å². The second-order valence-electron chi connectivity index (χ2n) is 4.27. The van der Waals surface area contributed by atoms with Crippen LogP contribution in [0.1, 0.15) is 10.4 Å². The van der Waals surface area contributed by atoms with Gasteiger partial charge in [-0.3, -0.25) is 9.69 Å². The fourth-order valence-corrected chi connectivity index (χ4v) is 1.77. The van der Waals surface area contributed by atoms with Crippen molar-refractivity contribution in [3.63, 3.8) is 0 Å². The molecule has 0 aromatic heterocycles. The summed E-state index contributed by atoms with van der Waals surface area (Å²) in [5, 5.41) is 8.96. The van der Waals surface area contributed by atoms with Crippen LogP contribution in [0.2, 0.25) is 0 Å². The van der Waals surface area contributed by atoms with Gasteiger partial charge in [0.25, 0.3) is 0 Å². The van der Waals surface area contributed by atoms with Crippen LogP contribution in [0.3, 0.4) is 0 Å². The van der Waals surface area contributed by atoms with E-state index in [1.54, 1.807) is 12.0 Å². The number of carbonyl (C=O) groups excluding carboxylic acids is 1. The van der Waals surface area contributed by atoms with Gasteiger partial charge >= 0.3 is 0 Å². The molecule has 0 bridgehead atoms. The van der Waals surface area contributed by atoms with Crippen molar-refractivity contribution in [2.75, 3.05) is 47.1 Å². The lowest BCUT2D eigenvalue weighted by Crippen LogP contribution is -2.35. The molecular formula is C14H20FNO4. The van der Waals surface area contributed by atoms with E-state index in [0.717, 1.165) is 6.07 Å². The van der Waals surface area contributed by atoms with Gasteiger partial charge in [-0.1, -0.05) is 0 Å². The van der Waals surface area contributed by atoms with Gasteiger partial charge in [0.2, 0.25) is 0 Å². The monoisotopic (exact) mass is 285 g/mol. The van der Waals surface area contributed by atoms with Crippen LogP contribution in [-0.4, -0.2) is 62.9 Å². The highest BCUT2D eigenvalue weighted by Crippen LogP contribution is 2.18. The first kappa shape index (κ1) is 16.6. The highest BCUT2D eigenvalue weighted by Gasteiger charge is 2.14. The van der Waals surface area contributed by atoms with Crippen LogP contribution in [0.5, 0.6) is 5.75 Å². The van der Waals surface area contributed by atoms with Crippen LogP contribution in [0.4, 0.5) is 4.39 Å². The van der Waals surface area contributed by atoms with Crippen LogP contribution in [0.15, 0.2) is 18.2 Å². The van der Waals surface area contributed by atoms with Gasteiger partial charge in [0.05, 0.1) is 26.9 Å². The van der Waals surface area contributed by atoms with Crippen molar-refractivity contribution in [2.45, 2.75) is 0 Å². The quantitative estimate of drug-likeness (QED) is 0.685. The standard InChI is InChI=1S/C14H20FNO4/c1-19-8-6-16(5-7-17)10-13(18)11-3-4-14(20-2)12(15)9-11/h3-4,9,17H,5-8,10H2,1-2H3. The molecule has 1 aromatic carbocycles. The molecule has 20 heavy (non-hydrogen) atoms. The predicted molar refractivity (Wildman–Crippen MR) is 72.7 cm³/mol. The average molecular weight is 285 g/mol. The van der Waals surface area contributed by atoms with Crippen molar-refractivity contribution in [3.05, 3.63) is 29.6 Å². The summed E-state index contributed by atoms with van der Waals surface area (Å²) in [6, 6.07) is 4.11. The van der Waals surface area contributed by atoms with Gasteiger partial charge in [0, 0.05) is 25.8 Å². The number of halogens is 1. The molecular weight excluding hydrogens is 265 g/mol. The minimum atomic E-state index is -0.566. The minimum absolute atomic E-state index is 0.0477. The third-order valence-electron chi connectivity index (χ3n) is 2.87. The summed E-state index contributed by atoms with van der Waals surface area (Å²) in [5.74, 6) is -0.673. The number of ether oxygens (including phenoxy) is 2. The Morgan fingerprint density at radius 3 is 2.65 bits per heavy atom. The predicted octanol–water partition coefficient (Wildman–Crippen LogP) is 0.958. The molecule has 1 N–H and O–H groups in total. The van der Waals surface area contributed by atoms with Crippen molar-refractivity contribution in [1.29, 1.82) is 0 Å². The zero-order valence-electron chi connectivity index (χ0n) is 11.8. The lowest BCUT2D eigenvalue weighted by molar-refractivity contribution is 0.0868. The van der Waals surface area contributed by atoms with Crippen molar-refractivity contribution >= 4 is 5.78 Å². The molecule has 1 aromatic rings. The van der Waals surface area contributed by atoms with Crippen LogP contribution >= 0.6 is 0 Å². The van der Waals surface area contributed by atoms with Crippen LogP contribution in [0.25, 0.3) is 0 Å². The number of hydrogen-bond acceptors (Lipinski definition) is 5. The molecule has 112 valence electrons. The molecule has 0 aliphatic heterocycles. The molecule has 5 nitrogen and oxygen atoms in total. The number of carbonyl (C=O) groups is 1. The molecule has 0 saturated carbocycles. The van der Waals surface area contributed by atoms with E-state index in [-0.39, 0.29) is 30.2 Å². The van der Waals surface area contributed by atoms with E-state index < -0.39 is 5.82 Å². The number of aliphatic hydroxyl groups is 1. The Kier molecular flexibility index (Phi) is 7.14. The number of aliphatic hydroxyl groups excluding tert-OH is 1. The zero-order valence-corrected chi connectivity index (χ0v) is 11.8. The van der Waals surface area contributed by atoms with Crippen molar-refractivity contribution in [3.8, 4) is 5.75 Å². The molecule has 0 aliphatic carbocycles. The number of ketones is 1. The lowest BCUT2D eigenvalue weighted by Gasteiger charge is -2.20. The van der Waals surface area contributed by atoms with E-state index >= 15 is 0 Å². The Labute approximate surface area is 117 Å². The minimum Gasteiger partial charge on any atom is -0.494 e. The Morgan fingerprint density at radius 2 is 2.10 bits per heavy atom. The number of hydrogen-bond donors (Lipinski definition) is 1. The smallest absolute Gasteiger partial charge is 0.176 e. The van der Waals surface area contributed by atoms with Crippen molar-refractivity contribution < 1.29 is 23.8 Å². The first-order valence-corrected chi connectivity index (χ1v) is 6.31. The number of benzene rings is 1. The summed E-state index contributed by atoms with van der Waals surface area (Å²) < 4.78 is 23.3. The zero-order chi connectivity index (χ0) is 15.0. The van der Waals surface area contributed by atoms with E-state index in [2.05, 4.69) is 0 Å². The lowest BCUT2D eigenvalue weighted by atomic mass is 10.1. The van der Waals surface area contributed by atoms with Gasteiger partial charge < -0.3 is 14.6 Å². The van der Waals surface area contributed by atoms with Crippen molar-refractivity contribution in [1.82, 2.24) is 4.90 Å². The van der Waals surface area contributed by atoms with E-state index in [1.165, 1.54) is 19.2 Å². The van der Waals surface area contributed by atoms with E-state index in [4.69, 9.17) is 14.6 Å². The van der Waals surface area contributed by atoms with Crippen molar-refractivity contribution in [2.24, 2.45) is 0 Å². The maximum absolute atomic E-state index is 13.5. The maximum Gasteiger partial charge on any atom is 0.176 e. The molecule has 0 fully saturated rings. The number of nitrogens with zero attached hydrogens (tertiary/aromatic N) is 1. The average Bonchev–Trinajstić information content (AvgIpc) is 2.44. The molecule has 0 radical (unpaired) electrons. The molecule has 0 aliphatic rings. The third-order valence-corrected chi connectivity index (χ3v) is 2.87. The van der Waals surface area contributed by atoms with Gasteiger partial charge in [0.15, 0.2) is 17.3 Å². The number of rotatable bonds is 9. The van der Waals surface area contributed by atoms with E-state index in [0.29, 0.717) is 19.7 Å². The molecule has 0 amide bonds. The Balaban J connectivity index is 2.70. The van der Waals surface area contributed by atoms with Gasteiger partial charge in [0.1, 0.15) is 0 Å². The molecule has 1 rings (SSSR count). The highest BCUT2D eigenvalue weighted by atomic mass is 19.1. The molecule has 0 spiro atoms. The third kappa shape index (κ3) is 4.88. The SMILES string of the molecule is COCCN(CCO)CC(=O)c1ccc(OC)c(F)c1. The molecule has 0 heterocycles. The summed E-state index contributed by atoms with van der Waals surface area (Å²) in [6.07, 6.45) is 0. The first-order valence-electron chi connectivity index (χ1n) is 6.31. The molecule has 0 atom stereocenters. The van der Waals surface area contributed by atoms with Gasteiger partial charge in [-0.05, 0) is 18.2 Å². The summed E-state index contributed by atoms with van der Waals surface area (Å²) >= 11 is 0. The van der Waals surface area contributed by atoms with Crippen LogP contribution in [-0.2, 0) is 4.74 Å². The first-order chi connectivity index (χ1) is 9.62. The van der Waals surface area contributed by atoms with Crippen LogP contribution < -0.4 is 4.74 Å². The normalized spacial score (nSPS) is 10.8. The number of methoxy groups -OCH3 is 2. The summed E-state index contributed by atoms with van der Waals surface area (Å²) in [5.41, 5.74) is 0.281. The molecule has 0 saturated heterocycles. The van der Waals surface area contributed by atoms with E-state index in [9.17, 15) is 9.18 Å². The van der Waals surface area contributed by atoms with Gasteiger partial charge in [-0.2, -0.15) is 0 Å². The maximum atomic E-state index is 13.5. The highest BCUT2D eigenvalue weighted by molar-refractivity contribution is 5.97. The van der Waals surface area contributed by atoms with Gasteiger partial charge in [-0.15, -0.1) is 0 Å². The topological polar surface area (TPSA) is 59.0 Å². The molecule has 6 heteroatoms. The molecule has 0 unspecified atom stereocenters. The Bertz CT molecular complexity index is 439. The van der Waals surface area contributed by atoms with Crippen LogP contribution in [0, 0.1) is 5.82 Å². The summed E-state index contributed by atoms with van der Waals surface area (Å²) in [7, 11) is 2.94. The number of Topliss-reactive ketones (excluding diaryl/α,β-unsaturated/α-hetero) is 1. The second-order valence-corrected chi connectivity index (χ2v) is 4.27. The summed E-state index contributed by atoms with van der Waals surface area (Å²) in [4.78, 5) is 13.8. The van der Waals surface area contributed by atoms with Gasteiger partial charge in [-0.25, -0.2) is 4.39 Å². The summed E-state index contributed by atoms with van der Waals surface area (Å²) in [6.45, 7) is 1.42.